The van der Waals surface area contributed by atoms with Gasteiger partial charge in [-0.15, -0.1) is 0 Å². The van der Waals surface area contributed by atoms with Crippen molar-refractivity contribution in [3.8, 4) is 22.5 Å². The number of rotatable bonds is 7. The first-order chi connectivity index (χ1) is 16.8. The Morgan fingerprint density at radius 1 is 1.06 bits per heavy atom. The first kappa shape index (κ1) is 23.3. The van der Waals surface area contributed by atoms with Crippen LogP contribution < -0.4 is 0 Å². The van der Waals surface area contributed by atoms with Gasteiger partial charge in [-0.2, -0.15) is 15.3 Å². The van der Waals surface area contributed by atoms with Crippen LogP contribution in [-0.4, -0.2) is 46.2 Å². The summed E-state index contributed by atoms with van der Waals surface area (Å²) in [4.78, 5) is 17.1. The Hall–Kier alpha value is -3.49. The molecule has 9 nitrogen and oxygen atoms in total. The molecule has 0 bridgehead atoms. The number of carbonyl (C=O) groups excluding carboxylic acids is 1. The van der Waals surface area contributed by atoms with Gasteiger partial charge in [0.2, 0.25) is 0 Å². The molecule has 1 aliphatic rings. The molecule has 0 atom stereocenters. The van der Waals surface area contributed by atoms with Crippen molar-refractivity contribution >= 4 is 11.5 Å². The second-order valence-corrected chi connectivity index (χ2v) is 10.4. The fourth-order valence-corrected chi connectivity index (χ4v) is 4.45. The average molecular weight is 476 g/mol. The van der Waals surface area contributed by atoms with Crippen molar-refractivity contribution in [2.24, 2.45) is 5.41 Å². The van der Waals surface area contributed by atoms with Crippen LogP contribution in [0.5, 0.6) is 0 Å². The van der Waals surface area contributed by atoms with Gasteiger partial charge in [-0.1, -0.05) is 13.8 Å². The minimum Gasteiger partial charge on any atom is -0.462 e. The number of nitrogens with zero attached hydrogens (tertiary/aromatic N) is 7. The van der Waals surface area contributed by atoms with E-state index in [1.165, 1.54) is 0 Å². The maximum atomic E-state index is 12.1. The maximum Gasteiger partial charge on any atom is 0.311 e. The number of hydrogen-bond acceptors (Lipinski definition) is 6. The molecule has 0 amide bonds. The van der Waals surface area contributed by atoms with E-state index in [-0.39, 0.29) is 18.1 Å². The lowest BCUT2D eigenvalue weighted by molar-refractivity contribution is -0.164. The molecule has 35 heavy (non-hydrogen) atoms. The van der Waals surface area contributed by atoms with Gasteiger partial charge < -0.3 is 4.74 Å². The second-order valence-electron chi connectivity index (χ2n) is 10.4. The van der Waals surface area contributed by atoms with Crippen LogP contribution in [0.25, 0.3) is 28.0 Å². The zero-order chi connectivity index (χ0) is 24.7. The van der Waals surface area contributed by atoms with Crippen LogP contribution in [0.2, 0.25) is 0 Å². The predicted octanol–water partition coefficient (Wildman–Crippen LogP) is 5.11. The van der Waals surface area contributed by atoms with Gasteiger partial charge in [0.05, 0.1) is 59.2 Å². The molecule has 4 heterocycles. The summed E-state index contributed by atoms with van der Waals surface area (Å²) in [7, 11) is 0. The fraction of sp³-hybridized carbons (Fsp3) is 0.500. The molecule has 0 N–H and O–H groups in total. The van der Waals surface area contributed by atoms with Gasteiger partial charge in [0.15, 0.2) is 0 Å². The third kappa shape index (κ3) is 4.47. The molecule has 0 aromatic carbocycles. The molecule has 0 saturated heterocycles. The van der Waals surface area contributed by atoms with Gasteiger partial charge in [0.25, 0.3) is 0 Å². The highest BCUT2D eigenvalue weighted by atomic mass is 16.5. The van der Waals surface area contributed by atoms with Crippen LogP contribution in [0.4, 0.5) is 0 Å². The molecule has 9 heteroatoms. The highest BCUT2D eigenvalue weighted by Crippen LogP contribution is 2.36. The third-order valence-corrected chi connectivity index (χ3v) is 6.81. The first-order valence-corrected chi connectivity index (χ1v) is 12.4. The topological polar surface area (TPSA) is 92.1 Å². The van der Waals surface area contributed by atoms with E-state index in [1.54, 1.807) is 6.20 Å². The van der Waals surface area contributed by atoms with Crippen molar-refractivity contribution in [1.82, 2.24) is 34.2 Å². The molecule has 4 aromatic rings. The van der Waals surface area contributed by atoms with E-state index in [1.807, 2.05) is 65.5 Å². The third-order valence-electron chi connectivity index (χ3n) is 6.81. The van der Waals surface area contributed by atoms with Gasteiger partial charge in [-0.05, 0) is 39.7 Å². The van der Waals surface area contributed by atoms with E-state index >= 15 is 0 Å². The smallest absolute Gasteiger partial charge is 0.311 e. The Balaban J connectivity index is 1.37. The van der Waals surface area contributed by atoms with Gasteiger partial charge >= 0.3 is 5.97 Å². The summed E-state index contributed by atoms with van der Waals surface area (Å²) >= 11 is 0. The van der Waals surface area contributed by atoms with Crippen LogP contribution in [0, 0.1) is 5.41 Å². The molecule has 0 spiro atoms. The molecule has 0 radical (unpaired) electrons. The van der Waals surface area contributed by atoms with Gasteiger partial charge in [-0.3, -0.25) is 14.2 Å². The highest BCUT2D eigenvalue weighted by Gasteiger charge is 2.36. The molecule has 1 saturated carbocycles. The summed E-state index contributed by atoms with van der Waals surface area (Å²) in [5, 5.41) is 13.7. The first-order valence-electron chi connectivity index (χ1n) is 12.4. The number of fused-ring (bicyclic) bond motifs is 1. The Bertz CT molecular complexity index is 1330. The van der Waals surface area contributed by atoms with E-state index in [9.17, 15) is 4.79 Å². The summed E-state index contributed by atoms with van der Waals surface area (Å²) in [5.41, 5.74) is 4.00. The lowest BCUT2D eigenvalue weighted by Crippen LogP contribution is -2.38. The van der Waals surface area contributed by atoms with Crippen molar-refractivity contribution in [2.45, 2.75) is 78.5 Å². The van der Waals surface area contributed by atoms with E-state index in [4.69, 9.17) is 9.72 Å². The van der Waals surface area contributed by atoms with Crippen molar-refractivity contribution < 1.29 is 9.53 Å². The van der Waals surface area contributed by atoms with Crippen LogP contribution in [0.3, 0.4) is 0 Å². The molecule has 0 unspecified atom stereocenters. The molecular weight excluding hydrogens is 442 g/mol. The van der Waals surface area contributed by atoms with E-state index in [0.717, 1.165) is 53.7 Å². The van der Waals surface area contributed by atoms with Crippen LogP contribution in [0.1, 0.15) is 72.4 Å². The largest absolute Gasteiger partial charge is 0.462 e. The van der Waals surface area contributed by atoms with E-state index in [0.29, 0.717) is 6.04 Å². The highest BCUT2D eigenvalue weighted by molar-refractivity contribution is 5.78. The van der Waals surface area contributed by atoms with E-state index < -0.39 is 5.41 Å². The van der Waals surface area contributed by atoms with Gasteiger partial charge in [-0.25, -0.2) is 9.50 Å². The molecule has 184 valence electrons. The quantitative estimate of drug-likeness (QED) is 0.345. The Morgan fingerprint density at radius 2 is 1.80 bits per heavy atom. The summed E-state index contributed by atoms with van der Waals surface area (Å²) in [5.74, 6) is -0.154. The predicted molar refractivity (Wildman–Crippen MR) is 133 cm³/mol. The fourth-order valence-electron chi connectivity index (χ4n) is 4.45. The van der Waals surface area contributed by atoms with Crippen molar-refractivity contribution in [2.75, 3.05) is 0 Å². The molecule has 4 aromatic heterocycles. The molecule has 5 rings (SSSR count). The van der Waals surface area contributed by atoms with E-state index in [2.05, 4.69) is 35.3 Å². The maximum absolute atomic E-state index is 12.1. The molecule has 1 aliphatic carbocycles. The monoisotopic (exact) mass is 475 g/mol. The SMILES string of the molecule is CCC(CC)n1cc(-c2nc(-c3cnn([C@H]4C[C@H](OC(=O)C(C)(C)C)C4)c3)cn3nccc23)cn1. The average Bonchev–Trinajstić information content (AvgIpc) is 3.56. The summed E-state index contributed by atoms with van der Waals surface area (Å²) < 4.78 is 11.5. The van der Waals surface area contributed by atoms with Crippen LogP contribution in [-0.2, 0) is 9.53 Å². The lowest BCUT2D eigenvalue weighted by Gasteiger charge is -2.36. The second kappa shape index (κ2) is 8.94. The lowest BCUT2D eigenvalue weighted by atomic mass is 9.88. The van der Waals surface area contributed by atoms with Crippen LogP contribution in [0.15, 0.2) is 43.2 Å². The summed E-state index contributed by atoms with van der Waals surface area (Å²) in [6, 6.07) is 2.56. The number of hydrogen-bond donors (Lipinski definition) is 0. The summed E-state index contributed by atoms with van der Waals surface area (Å²) in [6.07, 6.45) is 15.1. The Morgan fingerprint density at radius 3 is 2.51 bits per heavy atom. The number of esters is 1. The number of ether oxygens (including phenoxy) is 1. The minimum atomic E-state index is -0.483. The van der Waals surface area contributed by atoms with Gasteiger partial charge in [0.1, 0.15) is 6.10 Å². The zero-order valence-electron chi connectivity index (χ0n) is 21.0. The minimum absolute atomic E-state index is 0.0452. The van der Waals surface area contributed by atoms with Crippen LogP contribution >= 0.6 is 0 Å². The zero-order valence-corrected chi connectivity index (χ0v) is 21.0. The standard InChI is InChI=1S/C26H33N7O2/c1-6-19(7-2)31-15-18(13-29-31)24-23-8-9-27-33(23)16-22(30-24)17-12-28-32(14-17)20-10-21(11-20)35-25(34)26(3,4)5/h8-9,12-16,19-21H,6-7,10-11H2,1-5H3/t20-,21-. The Labute approximate surface area is 205 Å². The number of carbonyl (C=O) groups is 1. The molecule has 0 aliphatic heterocycles. The summed E-state index contributed by atoms with van der Waals surface area (Å²) in [6.45, 7) is 9.99. The van der Waals surface area contributed by atoms with Gasteiger partial charge in [0, 0.05) is 36.4 Å². The molecular formula is C26H33N7O2. The number of aromatic nitrogens is 7. The van der Waals surface area contributed by atoms with Crippen molar-refractivity contribution in [3.05, 3.63) is 43.2 Å². The Kier molecular flexibility index (Phi) is 5.94. The van der Waals surface area contributed by atoms with Crippen molar-refractivity contribution in [1.29, 1.82) is 0 Å². The molecule has 1 fully saturated rings. The normalized spacial score (nSPS) is 18.2. The van der Waals surface area contributed by atoms with Crippen molar-refractivity contribution in [3.63, 3.8) is 0 Å².